The van der Waals surface area contributed by atoms with E-state index in [1.54, 1.807) is 32.4 Å². The second kappa shape index (κ2) is 9.62. The van der Waals surface area contributed by atoms with Crippen LogP contribution in [0, 0.1) is 13.8 Å². The normalized spacial score (nSPS) is 11.1. The van der Waals surface area contributed by atoms with E-state index in [0.717, 1.165) is 22.3 Å². The van der Waals surface area contributed by atoms with E-state index in [2.05, 4.69) is 0 Å². The molecule has 2 N–H and O–H groups in total. The Balaban J connectivity index is 0.000000588. The highest BCUT2D eigenvalue weighted by molar-refractivity contribution is 7.80. The van der Waals surface area contributed by atoms with Gasteiger partial charge in [0.2, 0.25) is 0 Å². The van der Waals surface area contributed by atoms with Gasteiger partial charge in [-0.3, -0.25) is 4.55 Å². The summed E-state index contributed by atoms with van der Waals surface area (Å²) in [7, 11) is -1.98. The zero-order valence-electron chi connectivity index (χ0n) is 18.8. The first kappa shape index (κ1) is 24.9. The number of hydrogen-bond donors (Lipinski definition) is 2. The number of ether oxygens (including phenoxy) is 2. The number of hydrogen-bond acceptors (Lipinski definition) is 6. The molecule has 4 aromatic rings. The molecule has 4 rings (SSSR count). The molecule has 3 aromatic carbocycles. The summed E-state index contributed by atoms with van der Waals surface area (Å²) in [6, 6.07) is 15.1. The number of nitrogens with zero attached hydrogens (tertiary/aromatic N) is 1. The average Bonchev–Trinajstić information content (AvgIpc) is 2.77. The van der Waals surface area contributed by atoms with E-state index >= 15 is 0 Å². The number of benzene rings is 3. The molecule has 0 aliphatic carbocycles. The highest BCUT2D eigenvalue weighted by Crippen LogP contribution is 2.43. The van der Waals surface area contributed by atoms with E-state index in [4.69, 9.17) is 27.4 Å². The first-order valence-corrected chi connectivity index (χ1v) is 11.3. The lowest BCUT2D eigenvalue weighted by Gasteiger charge is -2.20. The van der Waals surface area contributed by atoms with Crippen LogP contribution < -0.4 is 9.47 Å². The summed E-state index contributed by atoms with van der Waals surface area (Å²) >= 11 is 0. The van der Waals surface area contributed by atoms with Crippen LogP contribution in [0.25, 0.3) is 32.9 Å². The van der Waals surface area contributed by atoms with Crippen LogP contribution in [0.5, 0.6) is 11.5 Å². The Morgan fingerprint density at radius 2 is 1.62 bits per heavy atom. The number of fused-ring (bicyclic) bond motifs is 2. The molecule has 0 radical (unpaired) electrons. The van der Waals surface area contributed by atoms with E-state index in [-0.39, 0.29) is 5.56 Å². The molecule has 0 atom stereocenters. The molecule has 0 aliphatic heterocycles. The number of carbonyl (C=O) groups is 1. The van der Waals surface area contributed by atoms with Gasteiger partial charge in [0.15, 0.2) is 0 Å². The van der Waals surface area contributed by atoms with Gasteiger partial charge in [-0.05, 0) is 31.5 Å². The Kier molecular flexibility index (Phi) is 7.04. The molecule has 0 amide bonds. The van der Waals surface area contributed by atoms with Crippen LogP contribution in [0.15, 0.2) is 48.5 Å². The van der Waals surface area contributed by atoms with E-state index < -0.39 is 16.5 Å². The molecule has 0 spiro atoms. The van der Waals surface area contributed by atoms with Gasteiger partial charge in [0.1, 0.15) is 11.5 Å². The van der Waals surface area contributed by atoms with Gasteiger partial charge in [-0.25, -0.2) is 9.78 Å². The number of aromatic carboxylic acids is 1. The molecule has 0 saturated heterocycles. The van der Waals surface area contributed by atoms with Crippen LogP contribution in [0.2, 0.25) is 0 Å². The number of methoxy groups -OCH3 is 2. The summed E-state index contributed by atoms with van der Waals surface area (Å²) in [5.74, 6) is 0.304. The number of rotatable bonds is 4. The van der Waals surface area contributed by atoms with Crippen molar-refractivity contribution in [3.63, 3.8) is 0 Å². The van der Waals surface area contributed by atoms with Gasteiger partial charge in [0, 0.05) is 33.5 Å². The summed E-state index contributed by atoms with van der Waals surface area (Å²) in [5, 5.41) is 11.3. The van der Waals surface area contributed by atoms with E-state index in [1.165, 1.54) is 0 Å². The Morgan fingerprint density at radius 1 is 1.00 bits per heavy atom. The fourth-order valence-corrected chi connectivity index (χ4v) is 4.09. The molecule has 34 heavy (non-hydrogen) atoms. The third-order valence-corrected chi connectivity index (χ3v) is 5.34. The zero-order valence-corrected chi connectivity index (χ0v) is 19.6. The molecule has 0 unspecified atom stereocenters. The largest absolute Gasteiger partial charge is 0.497 e. The van der Waals surface area contributed by atoms with Gasteiger partial charge in [0.05, 0.1) is 30.8 Å². The van der Waals surface area contributed by atoms with Gasteiger partial charge in [-0.15, -0.1) is 0 Å². The van der Waals surface area contributed by atoms with Crippen molar-refractivity contribution in [2.45, 2.75) is 13.8 Å². The highest BCUT2D eigenvalue weighted by Gasteiger charge is 2.24. The van der Waals surface area contributed by atoms with E-state index in [1.807, 2.05) is 44.2 Å². The maximum Gasteiger partial charge on any atom is 0.435 e. The molecule has 0 saturated carbocycles. The van der Waals surface area contributed by atoms with Crippen molar-refractivity contribution in [3.8, 4) is 22.6 Å². The zero-order chi connectivity index (χ0) is 25.2. The lowest BCUT2D eigenvalue weighted by molar-refractivity contribution is 0.0701. The number of carboxylic acid groups (broad SMARTS) is 1. The lowest BCUT2D eigenvalue weighted by Crippen LogP contribution is -2.06. The molecule has 8 nitrogen and oxygen atoms in total. The molecular weight excluding hydrogens is 465 g/mol. The Hall–Kier alpha value is -3.76. The lowest BCUT2D eigenvalue weighted by atomic mass is 9.89. The Bertz CT molecular complexity index is 1500. The summed E-state index contributed by atoms with van der Waals surface area (Å²) in [5.41, 5.74) is 4.97. The topological polar surface area (TPSA) is 123 Å². The second-order valence-electron chi connectivity index (χ2n) is 7.34. The van der Waals surface area contributed by atoms with Crippen LogP contribution >= 0.6 is 0 Å². The number of halogens is 1. The van der Waals surface area contributed by atoms with Crippen molar-refractivity contribution in [1.82, 2.24) is 4.98 Å². The van der Waals surface area contributed by atoms with Gasteiger partial charge in [0.25, 0.3) is 0 Å². The third kappa shape index (κ3) is 4.92. The maximum absolute atomic E-state index is 12.4. The predicted octanol–water partition coefficient (Wildman–Crippen LogP) is 5.15. The first-order valence-electron chi connectivity index (χ1n) is 9.92. The Labute approximate surface area is 195 Å². The highest BCUT2D eigenvalue weighted by atomic mass is 32.3. The third-order valence-electron chi connectivity index (χ3n) is 5.34. The van der Waals surface area contributed by atoms with Crippen LogP contribution in [0.4, 0.5) is 3.89 Å². The molecule has 1 heterocycles. The van der Waals surface area contributed by atoms with Gasteiger partial charge >= 0.3 is 16.5 Å². The molecular formula is C24H22FNO7S. The molecule has 0 fully saturated rings. The van der Waals surface area contributed by atoms with Crippen molar-refractivity contribution < 1.29 is 36.2 Å². The quantitative estimate of drug-likeness (QED) is 0.230. The summed E-state index contributed by atoms with van der Waals surface area (Å²) < 4.78 is 45.1. The van der Waals surface area contributed by atoms with Gasteiger partial charge in [-0.1, -0.05) is 34.2 Å². The monoisotopic (exact) mass is 487 g/mol. The fraction of sp³-hybridized carbons (Fsp3) is 0.167. The van der Waals surface area contributed by atoms with Gasteiger partial charge < -0.3 is 14.6 Å². The van der Waals surface area contributed by atoms with Crippen molar-refractivity contribution in [2.24, 2.45) is 0 Å². The van der Waals surface area contributed by atoms with Crippen molar-refractivity contribution in [1.29, 1.82) is 0 Å². The maximum atomic E-state index is 12.4. The Morgan fingerprint density at radius 3 is 2.15 bits per heavy atom. The minimum Gasteiger partial charge on any atom is -0.497 e. The summed E-state index contributed by atoms with van der Waals surface area (Å²) in [4.78, 5) is 17.3. The van der Waals surface area contributed by atoms with Crippen LogP contribution in [0.1, 0.15) is 21.5 Å². The van der Waals surface area contributed by atoms with Crippen LogP contribution in [0.3, 0.4) is 0 Å². The summed E-state index contributed by atoms with van der Waals surface area (Å²) in [6.07, 6.45) is 0. The van der Waals surface area contributed by atoms with Crippen molar-refractivity contribution >= 4 is 38.3 Å². The number of aromatic nitrogens is 1. The van der Waals surface area contributed by atoms with E-state index in [9.17, 15) is 13.8 Å². The van der Waals surface area contributed by atoms with Crippen LogP contribution in [-0.4, -0.2) is 43.2 Å². The SMILES string of the molecule is COc1ccc2c(C(=O)O)c3c(C)c(OC)c(C)c(-c4ccccc4)c3nc2c1.O=S(=O)(O)F. The predicted molar refractivity (Wildman–Crippen MR) is 127 cm³/mol. The molecule has 10 heteroatoms. The molecule has 0 aliphatic rings. The van der Waals surface area contributed by atoms with Crippen molar-refractivity contribution in [3.05, 3.63) is 65.2 Å². The van der Waals surface area contributed by atoms with Gasteiger partial charge in [-0.2, -0.15) is 8.42 Å². The molecule has 0 bridgehead atoms. The van der Waals surface area contributed by atoms with E-state index in [0.29, 0.717) is 33.3 Å². The average molecular weight is 488 g/mol. The standard InChI is InChI=1S/C24H21NO4.FHO3S/c1-13-19(15-8-6-5-7-9-15)22-20(14(2)23(13)29-4)21(24(26)27)17-11-10-16(28-3)12-18(17)25-22;1-5(2,3)4/h5-12H,1-4H3,(H,26,27);(H,2,3,4). The summed E-state index contributed by atoms with van der Waals surface area (Å²) in [6.45, 7) is 3.86. The minimum atomic E-state index is -5.17. The minimum absolute atomic E-state index is 0.223. The number of aryl methyl sites for hydroxylation is 1. The number of pyridine rings is 1. The molecule has 1 aromatic heterocycles. The second-order valence-corrected chi connectivity index (χ2v) is 8.16. The smallest absolute Gasteiger partial charge is 0.435 e. The fourth-order valence-electron chi connectivity index (χ4n) is 4.09. The number of carboxylic acids is 1. The first-order chi connectivity index (χ1) is 16.0. The molecule has 178 valence electrons. The van der Waals surface area contributed by atoms with Crippen LogP contribution in [-0.2, 0) is 10.5 Å². The van der Waals surface area contributed by atoms with Crippen molar-refractivity contribution in [2.75, 3.05) is 14.2 Å².